The van der Waals surface area contributed by atoms with E-state index in [1.165, 1.54) is 0 Å². The van der Waals surface area contributed by atoms with Crippen molar-refractivity contribution in [2.24, 2.45) is 11.3 Å². The van der Waals surface area contributed by atoms with Crippen molar-refractivity contribution >= 4 is 34.8 Å². The lowest BCUT2D eigenvalue weighted by atomic mass is 9.95. The topological polar surface area (TPSA) is 87.3 Å². The van der Waals surface area contributed by atoms with Crippen LogP contribution in [-0.4, -0.2) is 17.7 Å². The molecular formula is C22H25N3O3. The molecule has 0 atom stereocenters. The van der Waals surface area contributed by atoms with E-state index in [4.69, 9.17) is 0 Å². The molecule has 0 saturated heterocycles. The molecule has 0 bridgehead atoms. The van der Waals surface area contributed by atoms with Crippen LogP contribution >= 0.6 is 0 Å². The average molecular weight is 379 g/mol. The molecule has 6 nitrogen and oxygen atoms in total. The van der Waals surface area contributed by atoms with Crippen LogP contribution in [0.2, 0.25) is 0 Å². The van der Waals surface area contributed by atoms with Crippen LogP contribution in [0, 0.1) is 11.3 Å². The largest absolute Gasteiger partial charge is 0.326 e. The molecule has 0 aromatic heterocycles. The Labute approximate surface area is 164 Å². The normalized spacial score (nSPS) is 13.5. The number of amides is 3. The van der Waals surface area contributed by atoms with E-state index in [9.17, 15) is 14.4 Å². The minimum absolute atomic E-state index is 0.0471. The number of rotatable bonds is 5. The van der Waals surface area contributed by atoms with Gasteiger partial charge in [-0.3, -0.25) is 14.4 Å². The van der Waals surface area contributed by atoms with Gasteiger partial charge in [0.1, 0.15) is 0 Å². The molecule has 2 aromatic rings. The molecule has 1 aliphatic carbocycles. The van der Waals surface area contributed by atoms with Crippen LogP contribution < -0.4 is 16.0 Å². The summed E-state index contributed by atoms with van der Waals surface area (Å²) in [6, 6.07) is 13.8. The van der Waals surface area contributed by atoms with Crippen molar-refractivity contribution in [3.8, 4) is 0 Å². The number of hydrogen-bond donors (Lipinski definition) is 3. The van der Waals surface area contributed by atoms with E-state index < -0.39 is 5.41 Å². The van der Waals surface area contributed by atoms with Crippen LogP contribution in [-0.2, 0) is 9.59 Å². The fraction of sp³-hybridized carbons (Fsp3) is 0.318. The minimum Gasteiger partial charge on any atom is -0.326 e. The van der Waals surface area contributed by atoms with E-state index >= 15 is 0 Å². The van der Waals surface area contributed by atoms with Crippen LogP contribution in [0.5, 0.6) is 0 Å². The van der Waals surface area contributed by atoms with Gasteiger partial charge in [0, 0.05) is 34.0 Å². The second-order valence-electron chi connectivity index (χ2n) is 8.08. The van der Waals surface area contributed by atoms with Crippen molar-refractivity contribution in [3.63, 3.8) is 0 Å². The summed E-state index contributed by atoms with van der Waals surface area (Å²) in [5, 5.41) is 8.50. The average Bonchev–Trinajstić information content (AvgIpc) is 3.48. The molecule has 0 heterocycles. The summed E-state index contributed by atoms with van der Waals surface area (Å²) >= 11 is 0. The highest BCUT2D eigenvalue weighted by Crippen LogP contribution is 2.30. The Morgan fingerprint density at radius 3 is 2.00 bits per heavy atom. The van der Waals surface area contributed by atoms with Gasteiger partial charge >= 0.3 is 0 Å². The number of hydrogen-bond acceptors (Lipinski definition) is 3. The van der Waals surface area contributed by atoms with E-state index in [1.807, 2.05) is 20.8 Å². The molecule has 6 heteroatoms. The summed E-state index contributed by atoms with van der Waals surface area (Å²) < 4.78 is 0. The molecule has 0 aliphatic heterocycles. The van der Waals surface area contributed by atoms with Crippen LogP contribution in [0.25, 0.3) is 0 Å². The van der Waals surface area contributed by atoms with Gasteiger partial charge in [0.25, 0.3) is 5.91 Å². The fourth-order valence-corrected chi connectivity index (χ4v) is 2.49. The smallest absolute Gasteiger partial charge is 0.255 e. The van der Waals surface area contributed by atoms with Gasteiger partial charge in [-0.15, -0.1) is 0 Å². The molecule has 146 valence electrons. The quantitative estimate of drug-likeness (QED) is 0.725. The van der Waals surface area contributed by atoms with E-state index in [1.54, 1.807) is 48.5 Å². The summed E-state index contributed by atoms with van der Waals surface area (Å²) in [7, 11) is 0. The number of carbonyl (C=O) groups is 3. The van der Waals surface area contributed by atoms with Crippen LogP contribution in [0.15, 0.2) is 48.5 Å². The standard InChI is InChI=1S/C22H25N3O3/c1-22(2,3)21(28)25-18-6-4-5-15(13-18)20(27)24-17-11-9-16(10-12-17)23-19(26)14-7-8-14/h4-6,9-14H,7-8H2,1-3H3,(H,23,26)(H,24,27)(H,25,28). The fourth-order valence-electron chi connectivity index (χ4n) is 2.49. The molecule has 1 aliphatic rings. The molecule has 3 rings (SSSR count). The van der Waals surface area contributed by atoms with Gasteiger partial charge in [-0.25, -0.2) is 0 Å². The molecule has 2 aromatic carbocycles. The number of benzene rings is 2. The first-order valence-corrected chi connectivity index (χ1v) is 9.36. The van der Waals surface area contributed by atoms with Crippen LogP contribution in [0.4, 0.5) is 17.1 Å². The van der Waals surface area contributed by atoms with Crippen molar-refractivity contribution in [1.82, 2.24) is 0 Å². The number of anilines is 3. The second-order valence-corrected chi connectivity index (χ2v) is 8.08. The maximum absolute atomic E-state index is 12.5. The molecule has 3 amide bonds. The monoisotopic (exact) mass is 379 g/mol. The Kier molecular flexibility index (Phi) is 5.49. The molecule has 0 unspecified atom stereocenters. The molecule has 1 fully saturated rings. The first-order chi connectivity index (χ1) is 13.2. The molecule has 1 saturated carbocycles. The summed E-state index contributed by atoms with van der Waals surface area (Å²) in [5.74, 6) is -0.202. The highest BCUT2D eigenvalue weighted by atomic mass is 16.2. The Morgan fingerprint density at radius 1 is 0.821 bits per heavy atom. The third-order valence-corrected chi connectivity index (χ3v) is 4.42. The van der Waals surface area contributed by atoms with Crippen molar-refractivity contribution < 1.29 is 14.4 Å². The SMILES string of the molecule is CC(C)(C)C(=O)Nc1cccc(C(=O)Nc2ccc(NC(=O)C3CC3)cc2)c1. The van der Waals surface area contributed by atoms with Crippen molar-refractivity contribution in [1.29, 1.82) is 0 Å². The molecule has 3 N–H and O–H groups in total. The summed E-state index contributed by atoms with van der Waals surface area (Å²) in [4.78, 5) is 36.4. The Balaban J connectivity index is 1.62. The predicted octanol–water partition coefficient (Wildman–Crippen LogP) is 4.27. The number of nitrogens with one attached hydrogen (secondary N) is 3. The van der Waals surface area contributed by atoms with Gasteiger partial charge in [-0.05, 0) is 55.3 Å². The summed E-state index contributed by atoms with van der Waals surface area (Å²) in [6.07, 6.45) is 1.91. The summed E-state index contributed by atoms with van der Waals surface area (Å²) in [6.45, 7) is 5.49. The van der Waals surface area contributed by atoms with Crippen LogP contribution in [0.3, 0.4) is 0 Å². The zero-order valence-electron chi connectivity index (χ0n) is 16.3. The summed E-state index contributed by atoms with van der Waals surface area (Å²) in [5.41, 5.74) is 1.83. The third kappa shape index (κ3) is 5.19. The molecular weight excluding hydrogens is 354 g/mol. The van der Waals surface area contributed by atoms with Crippen molar-refractivity contribution in [2.75, 3.05) is 16.0 Å². The van der Waals surface area contributed by atoms with Crippen molar-refractivity contribution in [3.05, 3.63) is 54.1 Å². The first-order valence-electron chi connectivity index (χ1n) is 9.36. The minimum atomic E-state index is -0.519. The Hall–Kier alpha value is -3.15. The Bertz CT molecular complexity index is 894. The highest BCUT2D eigenvalue weighted by molar-refractivity contribution is 6.05. The maximum atomic E-state index is 12.5. The third-order valence-electron chi connectivity index (χ3n) is 4.42. The Morgan fingerprint density at radius 2 is 1.43 bits per heavy atom. The zero-order chi connectivity index (χ0) is 20.3. The van der Waals surface area contributed by atoms with Gasteiger partial charge in [-0.1, -0.05) is 26.8 Å². The highest BCUT2D eigenvalue weighted by Gasteiger charge is 2.29. The van der Waals surface area contributed by atoms with Gasteiger partial charge in [0.2, 0.25) is 11.8 Å². The molecule has 28 heavy (non-hydrogen) atoms. The first kappa shape index (κ1) is 19.6. The van der Waals surface area contributed by atoms with Crippen LogP contribution in [0.1, 0.15) is 44.0 Å². The predicted molar refractivity (Wildman–Crippen MR) is 110 cm³/mol. The van der Waals surface area contributed by atoms with Gasteiger partial charge in [0.05, 0.1) is 0 Å². The number of carbonyl (C=O) groups excluding carboxylic acids is 3. The molecule has 0 radical (unpaired) electrons. The maximum Gasteiger partial charge on any atom is 0.255 e. The molecule has 0 spiro atoms. The van der Waals surface area contributed by atoms with E-state index in [0.29, 0.717) is 22.6 Å². The lowest BCUT2D eigenvalue weighted by Gasteiger charge is -2.18. The van der Waals surface area contributed by atoms with Gasteiger partial charge in [-0.2, -0.15) is 0 Å². The lowest BCUT2D eigenvalue weighted by Crippen LogP contribution is -2.27. The van der Waals surface area contributed by atoms with Gasteiger partial charge in [0.15, 0.2) is 0 Å². The van der Waals surface area contributed by atoms with E-state index in [0.717, 1.165) is 12.8 Å². The lowest BCUT2D eigenvalue weighted by molar-refractivity contribution is -0.123. The van der Waals surface area contributed by atoms with Gasteiger partial charge < -0.3 is 16.0 Å². The van der Waals surface area contributed by atoms with E-state index in [-0.39, 0.29) is 23.6 Å². The van der Waals surface area contributed by atoms with Crippen molar-refractivity contribution in [2.45, 2.75) is 33.6 Å². The second kappa shape index (κ2) is 7.84. The zero-order valence-corrected chi connectivity index (χ0v) is 16.3. The van der Waals surface area contributed by atoms with E-state index in [2.05, 4.69) is 16.0 Å².